The van der Waals surface area contributed by atoms with Crippen LogP contribution in [0.4, 0.5) is 20.2 Å². The zero-order chi connectivity index (χ0) is 16.3. The average Bonchev–Trinajstić information content (AvgIpc) is 2.46. The van der Waals surface area contributed by atoms with E-state index in [1.165, 1.54) is 13.2 Å². The van der Waals surface area contributed by atoms with Crippen LogP contribution in [0.2, 0.25) is 0 Å². The quantitative estimate of drug-likeness (QED) is 0.797. The lowest BCUT2D eigenvalue weighted by Crippen LogP contribution is -2.23. The van der Waals surface area contributed by atoms with Crippen molar-refractivity contribution in [1.29, 1.82) is 0 Å². The number of aryl methyl sites for hydroxylation is 1. The zero-order valence-corrected chi connectivity index (χ0v) is 13.4. The van der Waals surface area contributed by atoms with Crippen LogP contribution < -0.4 is 10.8 Å². The van der Waals surface area contributed by atoms with Crippen molar-refractivity contribution in [3.8, 4) is 0 Å². The van der Waals surface area contributed by atoms with E-state index in [1.54, 1.807) is 19.1 Å². The number of carbonyl (C=O) groups excluding carboxylic acids is 1. The molecular weight excluding hydrogens is 358 g/mol. The summed E-state index contributed by atoms with van der Waals surface area (Å²) in [7, 11) is 1.25. The van der Waals surface area contributed by atoms with Gasteiger partial charge in [0.15, 0.2) is 11.6 Å². The molecule has 2 aromatic rings. The van der Waals surface area contributed by atoms with Crippen molar-refractivity contribution in [1.82, 2.24) is 5.48 Å². The summed E-state index contributed by atoms with van der Waals surface area (Å²) in [5.74, 6) is -2.86. The maximum atomic E-state index is 14.1. The molecule has 0 fully saturated rings. The van der Waals surface area contributed by atoms with Gasteiger partial charge in [0.25, 0.3) is 5.91 Å². The number of halogens is 3. The van der Waals surface area contributed by atoms with E-state index in [0.29, 0.717) is 5.69 Å². The SMILES string of the molecule is CONC(=O)c1ccc(F)c(F)c1Nc1ccc(Br)cc1C. The Morgan fingerprint density at radius 3 is 2.59 bits per heavy atom. The van der Waals surface area contributed by atoms with Crippen molar-refractivity contribution < 1.29 is 18.4 Å². The Labute approximate surface area is 134 Å². The summed E-state index contributed by atoms with van der Waals surface area (Å²) in [6.07, 6.45) is 0. The molecule has 0 aromatic heterocycles. The van der Waals surface area contributed by atoms with Crippen molar-refractivity contribution in [3.05, 3.63) is 57.6 Å². The van der Waals surface area contributed by atoms with E-state index in [9.17, 15) is 13.6 Å². The highest BCUT2D eigenvalue weighted by Gasteiger charge is 2.19. The predicted molar refractivity (Wildman–Crippen MR) is 83.0 cm³/mol. The molecular formula is C15H13BrF2N2O2. The van der Waals surface area contributed by atoms with E-state index in [2.05, 4.69) is 31.6 Å². The molecule has 1 amide bonds. The number of amides is 1. The maximum absolute atomic E-state index is 14.1. The van der Waals surface area contributed by atoms with E-state index >= 15 is 0 Å². The van der Waals surface area contributed by atoms with Gasteiger partial charge >= 0.3 is 0 Å². The lowest BCUT2D eigenvalue weighted by molar-refractivity contribution is 0.0538. The number of benzene rings is 2. The predicted octanol–water partition coefficient (Wildman–Crippen LogP) is 4.07. The number of rotatable bonds is 4. The zero-order valence-electron chi connectivity index (χ0n) is 11.8. The third-order valence-corrected chi connectivity index (χ3v) is 3.48. The largest absolute Gasteiger partial charge is 0.352 e. The van der Waals surface area contributed by atoms with Crippen LogP contribution in [-0.4, -0.2) is 13.0 Å². The molecule has 2 N–H and O–H groups in total. The highest BCUT2D eigenvalue weighted by atomic mass is 79.9. The molecule has 0 heterocycles. The first-order valence-electron chi connectivity index (χ1n) is 6.28. The van der Waals surface area contributed by atoms with Gasteiger partial charge in [-0.25, -0.2) is 14.3 Å². The van der Waals surface area contributed by atoms with E-state index in [1.807, 2.05) is 6.07 Å². The maximum Gasteiger partial charge on any atom is 0.277 e. The number of carbonyl (C=O) groups is 1. The van der Waals surface area contributed by atoms with Crippen LogP contribution in [-0.2, 0) is 4.84 Å². The molecule has 0 aliphatic rings. The Morgan fingerprint density at radius 1 is 1.23 bits per heavy atom. The molecule has 2 rings (SSSR count). The van der Waals surface area contributed by atoms with Gasteiger partial charge in [0, 0.05) is 10.2 Å². The Bertz CT molecular complexity index is 723. The molecule has 0 radical (unpaired) electrons. The van der Waals surface area contributed by atoms with Crippen LogP contribution in [0.25, 0.3) is 0 Å². The van der Waals surface area contributed by atoms with Crippen molar-refractivity contribution >= 4 is 33.2 Å². The van der Waals surface area contributed by atoms with Gasteiger partial charge in [-0.05, 0) is 42.8 Å². The minimum atomic E-state index is -1.13. The van der Waals surface area contributed by atoms with Gasteiger partial charge in [-0.15, -0.1) is 0 Å². The Balaban J connectivity index is 2.48. The van der Waals surface area contributed by atoms with Crippen LogP contribution in [0.15, 0.2) is 34.8 Å². The molecule has 116 valence electrons. The molecule has 0 bridgehead atoms. The van der Waals surface area contributed by atoms with Gasteiger partial charge < -0.3 is 5.32 Å². The molecule has 0 aliphatic heterocycles. The fourth-order valence-electron chi connectivity index (χ4n) is 1.91. The molecule has 0 unspecified atom stereocenters. The Morgan fingerprint density at radius 2 is 1.95 bits per heavy atom. The highest BCUT2D eigenvalue weighted by molar-refractivity contribution is 9.10. The normalized spacial score (nSPS) is 10.4. The third-order valence-electron chi connectivity index (χ3n) is 2.98. The summed E-state index contributed by atoms with van der Waals surface area (Å²) < 4.78 is 28.4. The van der Waals surface area contributed by atoms with E-state index in [0.717, 1.165) is 16.1 Å². The first-order valence-corrected chi connectivity index (χ1v) is 7.08. The number of anilines is 2. The van der Waals surface area contributed by atoms with Gasteiger partial charge in [0.05, 0.1) is 18.4 Å². The smallest absolute Gasteiger partial charge is 0.277 e. The first kappa shape index (κ1) is 16.4. The van der Waals surface area contributed by atoms with Crippen molar-refractivity contribution in [2.45, 2.75) is 6.92 Å². The summed E-state index contributed by atoms with van der Waals surface area (Å²) >= 11 is 3.32. The van der Waals surface area contributed by atoms with Crippen molar-refractivity contribution in [2.24, 2.45) is 0 Å². The molecule has 0 atom stereocenters. The standard InChI is InChI=1S/C15H13BrF2N2O2/c1-8-7-9(16)3-6-12(8)19-14-10(15(21)20-22-2)4-5-11(17)13(14)18/h3-7,19H,1-2H3,(H,20,21). The van der Waals surface area contributed by atoms with Gasteiger partial charge in [-0.1, -0.05) is 15.9 Å². The molecule has 0 saturated carbocycles. The number of hydrogen-bond donors (Lipinski definition) is 2. The van der Waals surface area contributed by atoms with Gasteiger partial charge in [-0.2, -0.15) is 0 Å². The molecule has 0 saturated heterocycles. The van der Waals surface area contributed by atoms with E-state index in [-0.39, 0.29) is 11.3 Å². The number of nitrogens with one attached hydrogen (secondary N) is 2. The summed E-state index contributed by atoms with van der Waals surface area (Å²) in [5.41, 5.74) is 3.12. The number of hydrogen-bond acceptors (Lipinski definition) is 3. The van der Waals surface area contributed by atoms with Gasteiger partial charge in [0.2, 0.25) is 0 Å². The minimum absolute atomic E-state index is 0.0666. The summed E-state index contributed by atoms with van der Waals surface area (Å²) in [5, 5.41) is 2.76. The lowest BCUT2D eigenvalue weighted by Gasteiger charge is -2.15. The molecule has 22 heavy (non-hydrogen) atoms. The van der Waals surface area contributed by atoms with E-state index in [4.69, 9.17) is 0 Å². The molecule has 0 aliphatic carbocycles. The fourth-order valence-corrected chi connectivity index (χ4v) is 2.39. The molecule has 7 heteroatoms. The van der Waals surface area contributed by atoms with Crippen LogP contribution in [0.5, 0.6) is 0 Å². The lowest BCUT2D eigenvalue weighted by atomic mass is 10.1. The van der Waals surface area contributed by atoms with E-state index < -0.39 is 17.5 Å². The van der Waals surface area contributed by atoms with Crippen LogP contribution >= 0.6 is 15.9 Å². The molecule has 4 nitrogen and oxygen atoms in total. The fraction of sp³-hybridized carbons (Fsp3) is 0.133. The highest BCUT2D eigenvalue weighted by Crippen LogP contribution is 2.29. The monoisotopic (exact) mass is 370 g/mol. The Hall–Kier alpha value is -1.99. The van der Waals surface area contributed by atoms with Crippen LogP contribution in [0.3, 0.4) is 0 Å². The molecule has 2 aromatic carbocycles. The minimum Gasteiger partial charge on any atom is -0.352 e. The second kappa shape index (κ2) is 6.85. The van der Waals surface area contributed by atoms with Crippen LogP contribution in [0, 0.1) is 18.6 Å². The third kappa shape index (κ3) is 3.42. The first-order chi connectivity index (χ1) is 10.4. The molecule has 0 spiro atoms. The summed E-state index contributed by atoms with van der Waals surface area (Å²) in [6, 6.07) is 7.33. The van der Waals surface area contributed by atoms with Crippen LogP contribution in [0.1, 0.15) is 15.9 Å². The van der Waals surface area contributed by atoms with Crippen molar-refractivity contribution in [2.75, 3.05) is 12.4 Å². The average molecular weight is 371 g/mol. The Kier molecular flexibility index (Phi) is 5.10. The van der Waals surface area contributed by atoms with Gasteiger partial charge in [-0.3, -0.25) is 9.63 Å². The topological polar surface area (TPSA) is 50.4 Å². The van der Waals surface area contributed by atoms with Crippen molar-refractivity contribution in [3.63, 3.8) is 0 Å². The number of hydroxylamine groups is 1. The second-order valence-corrected chi connectivity index (χ2v) is 5.42. The summed E-state index contributed by atoms with van der Waals surface area (Å²) in [4.78, 5) is 16.4. The van der Waals surface area contributed by atoms with Gasteiger partial charge in [0.1, 0.15) is 0 Å². The second-order valence-electron chi connectivity index (χ2n) is 4.50. The summed E-state index contributed by atoms with van der Waals surface area (Å²) in [6.45, 7) is 1.80.